The minimum absolute atomic E-state index is 0.0534. The fourth-order valence-corrected chi connectivity index (χ4v) is 15.5. The molecule has 4 aliphatic carbocycles. The highest BCUT2D eigenvalue weighted by atomic mass is 16.6. The van der Waals surface area contributed by atoms with Crippen LogP contribution in [0.4, 0.5) is 0 Å². The summed E-state index contributed by atoms with van der Waals surface area (Å²) in [6.07, 6.45) is 11.9. The number of Topliss-reactive ketones (excluding diaryl/α,β-unsaturated/α-hetero) is 2. The van der Waals surface area contributed by atoms with Crippen molar-refractivity contribution in [1.29, 1.82) is 0 Å². The van der Waals surface area contributed by atoms with Crippen molar-refractivity contribution < 1.29 is 34.4 Å². The minimum Gasteiger partial charge on any atom is -0.396 e. The molecule has 12 atom stereocenters. The first-order chi connectivity index (χ1) is 29.2. The summed E-state index contributed by atoms with van der Waals surface area (Å²) in [5.41, 5.74) is 5.80. The molecule has 4 aliphatic heterocycles. The van der Waals surface area contributed by atoms with Crippen LogP contribution >= 0.6 is 0 Å². The van der Waals surface area contributed by atoms with Gasteiger partial charge in [0.2, 0.25) is 0 Å². The standard InChI is InChI=1S/C53H74N2O7/c1-30-21-32(24-35(22-30)33-14-19-61-20-15-33)25-36-28-55(38-13-17-54-44(36)38)29-37-43-42(31(2)23-39(57)48-50(5,6)62-48)40(58)27-53(43,9)52(8)16-12-41-49(3,4)47(60)34(11-10-18-56)26-51(41,7)46(52)45(37)59/h13,17,21-22,24,28,31,33-34,37-39,41,45-46,48,56-57,59H,10-12,14-16,18-20,23,25-27,29H2,1-9H3/t31-,34-,37-,38?,39-,41-,45-,46+,48+,51-,52+,53-/m1/s1. The van der Waals surface area contributed by atoms with Gasteiger partial charge in [0.05, 0.1) is 29.6 Å². The molecular formula is C53H74N2O7. The fourth-order valence-electron chi connectivity index (χ4n) is 15.5. The van der Waals surface area contributed by atoms with E-state index in [1.807, 2.05) is 20.0 Å². The number of aliphatic hydroxyl groups excluding tert-OH is 3. The average Bonchev–Trinajstić information content (AvgIpc) is 3.48. The fraction of sp³-hybridized carbons (Fsp3) is 0.717. The Labute approximate surface area is 370 Å². The summed E-state index contributed by atoms with van der Waals surface area (Å²) in [4.78, 5) is 36.5. The Hall–Kier alpha value is -2.95. The quantitative estimate of drug-likeness (QED) is 0.179. The van der Waals surface area contributed by atoms with Gasteiger partial charge in [-0.05, 0) is 141 Å². The van der Waals surface area contributed by atoms with Crippen LogP contribution in [0.3, 0.4) is 0 Å². The lowest BCUT2D eigenvalue weighted by Gasteiger charge is -2.70. The molecule has 9 rings (SSSR count). The van der Waals surface area contributed by atoms with E-state index >= 15 is 0 Å². The summed E-state index contributed by atoms with van der Waals surface area (Å²) >= 11 is 0. The second-order valence-electron chi connectivity index (χ2n) is 23.0. The zero-order valence-electron chi connectivity index (χ0n) is 39.0. The van der Waals surface area contributed by atoms with Gasteiger partial charge in [-0.1, -0.05) is 65.3 Å². The zero-order valence-corrected chi connectivity index (χ0v) is 39.0. The molecule has 0 bridgehead atoms. The van der Waals surface area contributed by atoms with Crippen molar-refractivity contribution in [2.45, 2.75) is 162 Å². The van der Waals surface area contributed by atoms with Crippen molar-refractivity contribution >= 4 is 17.3 Å². The average molecular weight is 851 g/mol. The maximum Gasteiger partial charge on any atom is 0.160 e. The van der Waals surface area contributed by atoms with E-state index in [0.717, 1.165) is 62.2 Å². The highest BCUT2D eigenvalue weighted by Gasteiger charge is 2.73. The highest BCUT2D eigenvalue weighted by molar-refractivity contribution is 6.09. The van der Waals surface area contributed by atoms with Gasteiger partial charge in [-0.15, -0.1) is 0 Å². The second kappa shape index (κ2) is 15.6. The molecule has 3 N–H and O–H groups in total. The molecule has 1 aromatic carbocycles. The number of carbonyl (C=O) groups excluding carboxylic acids is 2. The molecule has 0 amide bonds. The number of rotatable bonds is 12. The number of aryl methyl sites for hydroxylation is 1. The van der Waals surface area contributed by atoms with Gasteiger partial charge in [0, 0.05) is 74.3 Å². The van der Waals surface area contributed by atoms with Gasteiger partial charge in [0.15, 0.2) is 5.78 Å². The Kier molecular flexibility index (Phi) is 11.1. The van der Waals surface area contributed by atoms with Gasteiger partial charge >= 0.3 is 0 Å². The number of aliphatic hydroxyl groups is 3. The first kappa shape index (κ1) is 44.3. The molecule has 9 heteroatoms. The first-order valence-electron chi connectivity index (χ1n) is 24.1. The summed E-state index contributed by atoms with van der Waals surface area (Å²) < 4.78 is 11.6. The lowest BCUT2D eigenvalue weighted by Crippen LogP contribution is -2.69. The normalized spacial score (nSPS) is 39.2. The molecule has 8 aliphatic rings. The molecule has 3 saturated carbocycles. The largest absolute Gasteiger partial charge is 0.396 e. The second-order valence-corrected chi connectivity index (χ2v) is 23.0. The number of nitrogens with zero attached hydrogens (tertiary/aromatic N) is 2. The van der Waals surface area contributed by atoms with Gasteiger partial charge in [-0.3, -0.25) is 14.6 Å². The van der Waals surface area contributed by atoms with Gasteiger partial charge < -0.3 is 29.7 Å². The summed E-state index contributed by atoms with van der Waals surface area (Å²) in [5, 5.41) is 34.9. The number of hydrogen-bond acceptors (Lipinski definition) is 9. The van der Waals surface area contributed by atoms with E-state index in [1.54, 1.807) is 0 Å². The van der Waals surface area contributed by atoms with Crippen molar-refractivity contribution in [3.05, 3.63) is 70.1 Å². The highest BCUT2D eigenvalue weighted by Crippen LogP contribution is 2.75. The van der Waals surface area contributed by atoms with Crippen LogP contribution in [0.5, 0.6) is 0 Å². The van der Waals surface area contributed by atoms with E-state index in [9.17, 15) is 24.9 Å². The Morgan fingerprint density at radius 3 is 2.44 bits per heavy atom. The maximum atomic E-state index is 14.9. The van der Waals surface area contributed by atoms with E-state index in [2.05, 4.69) is 83.8 Å². The summed E-state index contributed by atoms with van der Waals surface area (Å²) in [5.74, 6) is 0.0940. The number of carbonyl (C=O) groups is 2. The Bertz CT molecular complexity index is 2110. The van der Waals surface area contributed by atoms with Crippen LogP contribution in [0.1, 0.15) is 136 Å². The van der Waals surface area contributed by atoms with Gasteiger partial charge in [0.25, 0.3) is 0 Å². The number of epoxide rings is 1. The molecule has 338 valence electrons. The lowest BCUT2D eigenvalue weighted by molar-refractivity contribution is -0.225. The van der Waals surface area contributed by atoms with Crippen molar-refractivity contribution in [2.75, 3.05) is 26.4 Å². The van der Waals surface area contributed by atoms with Crippen LogP contribution in [0, 0.1) is 58.2 Å². The van der Waals surface area contributed by atoms with Gasteiger partial charge in [-0.25, -0.2) is 0 Å². The van der Waals surface area contributed by atoms with Crippen molar-refractivity contribution in [3.8, 4) is 0 Å². The van der Waals surface area contributed by atoms with Crippen LogP contribution in [-0.2, 0) is 25.5 Å². The van der Waals surface area contributed by atoms with Gasteiger partial charge in [-0.2, -0.15) is 0 Å². The third kappa shape index (κ3) is 6.91. The lowest BCUT2D eigenvalue weighted by atomic mass is 9.34. The van der Waals surface area contributed by atoms with Crippen molar-refractivity contribution in [3.63, 3.8) is 0 Å². The van der Waals surface area contributed by atoms with E-state index < -0.39 is 28.5 Å². The van der Waals surface area contributed by atoms with E-state index in [1.165, 1.54) is 22.3 Å². The topological polar surface area (TPSA) is 132 Å². The smallest absolute Gasteiger partial charge is 0.160 e. The first-order valence-corrected chi connectivity index (χ1v) is 24.1. The molecule has 1 aromatic rings. The van der Waals surface area contributed by atoms with Crippen LogP contribution in [0.2, 0.25) is 0 Å². The van der Waals surface area contributed by atoms with Crippen LogP contribution in [0.25, 0.3) is 0 Å². The van der Waals surface area contributed by atoms with Crippen molar-refractivity contribution in [2.24, 2.45) is 56.2 Å². The Morgan fingerprint density at radius 2 is 1.74 bits per heavy atom. The molecule has 62 heavy (non-hydrogen) atoms. The number of ether oxygens (including phenoxy) is 2. The third-order valence-electron chi connectivity index (χ3n) is 18.4. The number of allylic oxidation sites excluding steroid dienone is 1. The zero-order chi connectivity index (χ0) is 44.3. The summed E-state index contributed by atoms with van der Waals surface area (Å²) in [6, 6.07) is 6.96. The molecule has 0 radical (unpaired) electrons. The van der Waals surface area contributed by atoms with Crippen LogP contribution in [0.15, 0.2) is 58.4 Å². The molecular weight excluding hydrogens is 777 g/mol. The number of aliphatic imine (C=N–C) groups is 1. The molecule has 9 nitrogen and oxygen atoms in total. The summed E-state index contributed by atoms with van der Waals surface area (Å²) in [7, 11) is 0. The molecule has 0 aromatic heterocycles. The number of ketones is 2. The SMILES string of the molecule is Cc1cc(CC2=CN(C[C@@H]3C4=C([C@H](C)C[C@@H](O)[C@@H]5OC5(C)C)C(=O)C[C@@]4(C)[C@@]4(C)CC[C@@H]5C(C)(C)C(=O)[C@H](CCCO)C[C@@]5(C)[C@@H]4[C@@H]3O)C3C=CN=C23)cc(C2CCOCC2)c1. The monoisotopic (exact) mass is 851 g/mol. The third-order valence-corrected chi connectivity index (χ3v) is 18.4. The number of fused-ring (bicyclic) bond motifs is 6. The summed E-state index contributed by atoms with van der Waals surface area (Å²) in [6.45, 7) is 21.8. The van der Waals surface area contributed by atoms with E-state index in [4.69, 9.17) is 14.5 Å². The van der Waals surface area contributed by atoms with Crippen molar-refractivity contribution in [1.82, 2.24) is 4.90 Å². The molecule has 2 saturated heterocycles. The Morgan fingerprint density at radius 1 is 1.02 bits per heavy atom. The predicted molar refractivity (Wildman–Crippen MR) is 241 cm³/mol. The number of benzene rings is 1. The number of hydrogen-bond donors (Lipinski definition) is 3. The van der Waals surface area contributed by atoms with Crippen LogP contribution < -0.4 is 0 Å². The van der Waals surface area contributed by atoms with E-state index in [0.29, 0.717) is 50.4 Å². The molecule has 0 spiro atoms. The van der Waals surface area contributed by atoms with Gasteiger partial charge in [0.1, 0.15) is 11.9 Å². The maximum absolute atomic E-state index is 14.9. The Balaban J connectivity index is 1.12. The van der Waals surface area contributed by atoms with E-state index in [-0.39, 0.29) is 65.1 Å². The predicted octanol–water partition coefficient (Wildman–Crippen LogP) is 8.23. The molecule has 5 fully saturated rings. The minimum atomic E-state index is -0.774. The molecule has 4 heterocycles. The van der Waals surface area contributed by atoms with Crippen LogP contribution in [-0.4, -0.2) is 93.8 Å². The molecule has 1 unspecified atom stereocenters.